The number of carbonyl (C=O) groups is 11. The van der Waals surface area contributed by atoms with Crippen molar-refractivity contribution in [1.29, 1.82) is 0 Å². The van der Waals surface area contributed by atoms with E-state index in [0.29, 0.717) is 18.5 Å². The van der Waals surface area contributed by atoms with Crippen LogP contribution in [0.3, 0.4) is 0 Å². The molecule has 2 heterocycles. The van der Waals surface area contributed by atoms with Crippen molar-refractivity contribution in [2.45, 2.75) is 83.5 Å². The van der Waals surface area contributed by atoms with Crippen LogP contribution >= 0.6 is 0 Å². The lowest BCUT2D eigenvalue weighted by Crippen LogP contribution is -2.52. The fraction of sp³-hybridized carbons (Fsp3) is 0.510. The molecule has 27 heteroatoms. The van der Waals surface area contributed by atoms with Crippen LogP contribution in [0, 0.1) is 17.8 Å². The van der Waals surface area contributed by atoms with Crippen molar-refractivity contribution in [3.63, 3.8) is 0 Å². The zero-order valence-corrected chi connectivity index (χ0v) is 43.1. The summed E-state index contributed by atoms with van der Waals surface area (Å²) < 4.78 is 0. The molecule has 4 atom stereocenters. The molecule has 9 amide bonds. The number of carboxylic acid groups (broad SMARTS) is 2. The van der Waals surface area contributed by atoms with Gasteiger partial charge in [0.05, 0.1) is 54.3 Å². The average molecular weight is 1070 g/mol. The third-order valence-corrected chi connectivity index (χ3v) is 11.7. The molecule has 1 fully saturated rings. The number of rotatable bonds is 19. The highest BCUT2D eigenvalue weighted by Gasteiger charge is 2.37. The zero-order chi connectivity index (χ0) is 56.6. The van der Waals surface area contributed by atoms with Crippen LogP contribution in [0.4, 0.5) is 27.5 Å². The molecule has 5 rings (SSSR count). The highest BCUT2D eigenvalue weighted by molar-refractivity contribution is 6.11. The molecule has 27 nitrogen and oxygen atoms in total. The van der Waals surface area contributed by atoms with Gasteiger partial charge in [0.25, 0.3) is 11.8 Å². The molecule has 2 aromatic carbocycles. The molecule has 2 aliphatic heterocycles. The van der Waals surface area contributed by atoms with Gasteiger partial charge in [-0.1, -0.05) is 45.0 Å². The van der Waals surface area contributed by atoms with E-state index < -0.39 is 117 Å². The van der Waals surface area contributed by atoms with Crippen LogP contribution in [-0.2, 0) is 47.9 Å². The van der Waals surface area contributed by atoms with Gasteiger partial charge in [-0.25, -0.2) is 10.2 Å². The van der Waals surface area contributed by atoms with Crippen molar-refractivity contribution >= 4 is 94.6 Å². The summed E-state index contributed by atoms with van der Waals surface area (Å²) in [5.41, 5.74) is 9.29. The molecule has 416 valence electrons. The Kier molecular flexibility index (Phi) is 25.5. The maximum absolute atomic E-state index is 13.1. The summed E-state index contributed by atoms with van der Waals surface area (Å²) in [5.74, 6) is -5.68. The van der Waals surface area contributed by atoms with E-state index in [1.165, 1.54) is 24.1 Å². The molecule has 3 aliphatic rings. The van der Waals surface area contributed by atoms with Crippen LogP contribution < -0.4 is 62.4 Å². The van der Waals surface area contributed by atoms with E-state index in [0.717, 1.165) is 52.5 Å². The lowest BCUT2D eigenvalue weighted by Gasteiger charge is -2.27. The van der Waals surface area contributed by atoms with Gasteiger partial charge < -0.3 is 72.1 Å². The number of amides is 9. The molecule has 0 radical (unpaired) electrons. The predicted octanol–water partition coefficient (Wildman–Crippen LogP) is -3.08. The number of aliphatic hydroxyl groups excluding tert-OH is 2. The molecule has 0 saturated heterocycles. The molecular weight excluding hydrogens is 997 g/mol. The van der Waals surface area contributed by atoms with E-state index in [-0.39, 0.29) is 47.9 Å². The Morgan fingerprint density at radius 1 is 0.750 bits per heavy atom. The molecule has 0 spiro atoms. The minimum Gasteiger partial charge on any atom is -0.550 e. The minimum atomic E-state index is -1.50. The quantitative estimate of drug-likeness (QED) is 0.0379. The lowest BCUT2D eigenvalue weighted by molar-refractivity contribution is -0.305. The van der Waals surface area contributed by atoms with Gasteiger partial charge in [-0.2, -0.15) is 5.10 Å². The number of para-hydroxylation sites is 4. The second-order valence-electron chi connectivity index (χ2n) is 18.4. The first-order valence-electron chi connectivity index (χ1n) is 24.4. The fourth-order valence-corrected chi connectivity index (χ4v) is 8.11. The summed E-state index contributed by atoms with van der Waals surface area (Å²) >= 11 is 0. The van der Waals surface area contributed by atoms with Gasteiger partial charge in [-0.05, 0) is 68.8 Å². The number of aldehydes is 1. The number of carboxylic acids is 2. The Balaban J connectivity index is 0.000000399. The maximum atomic E-state index is 13.1. The number of fused-ring (bicyclic) bond motifs is 2. The summed E-state index contributed by atoms with van der Waals surface area (Å²) in [6.07, 6.45) is 3.10. The van der Waals surface area contributed by atoms with Crippen LogP contribution in [-0.4, -0.2) is 171 Å². The molecule has 0 bridgehead atoms. The molecule has 0 unspecified atom stereocenters. The topological polar surface area (TPSA) is 395 Å². The van der Waals surface area contributed by atoms with Crippen LogP contribution in [0.15, 0.2) is 53.6 Å². The number of nitrogens with one attached hydrogen (secondary N) is 6. The van der Waals surface area contributed by atoms with E-state index in [1.807, 2.05) is 0 Å². The lowest BCUT2D eigenvalue weighted by atomic mass is 9.81. The standard InChI is InChI=1S/C27H38N8O8.C18H22N4O7.C4H10/c1-29-25(41)17-8-6-16(7-9-17)11-30-27(43)33-31-12-18(10-24(39)40)32-22(37)14-35-21-5-3-2-4-20(21)34(23(38)15-36)13-19(28)26(35)42;1-19-12-7-21(16(26)10-24)13-4-2-3-5-14(13)22(18(12)29)8-15(25)20-11(9-23)6-17(27)28;1-4(2)3/h2-5,12,16-19,36H,6-11,13-15,28H2,1H3,(H,29,41)(H,32,37)(H,39,40)(H2,30,33,43);2-5,9,11-12,19,24H,6-8,10H2,1H3,(H,20,25)(H,27,28);4H,1-3H3/p-1/b31-12+;;/t16?,17?,18-,19-;11-,12-;/m00./s1. The molecule has 0 aromatic heterocycles. The number of hydrazone groups is 1. The summed E-state index contributed by atoms with van der Waals surface area (Å²) in [4.78, 5) is 138. The smallest absolute Gasteiger partial charge is 0.335 e. The number of benzene rings is 2. The number of nitrogens with two attached hydrogens (primary N) is 1. The maximum Gasteiger partial charge on any atom is 0.335 e. The number of aliphatic hydroxyl groups is 2. The Hall–Kier alpha value is -7.88. The van der Waals surface area contributed by atoms with Crippen molar-refractivity contribution in [3.05, 3.63) is 48.5 Å². The highest BCUT2D eigenvalue weighted by atomic mass is 16.4. The Labute approximate surface area is 438 Å². The molecular formula is C49H69N12O15-. The third-order valence-electron chi connectivity index (χ3n) is 11.7. The van der Waals surface area contributed by atoms with Crippen molar-refractivity contribution < 1.29 is 73.2 Å². The van der Waals surface area contributed by atoms with Gasteiger partial charge in [0.1, 0.15) is 44.7 Å². The number of aliphatic carboxylic acids is 2. The first-order valence-corrected chi connectivity index (χ1v) is 24.4. The number of anilines is 4. The number of nitrogens with zero attached hydrogens (tertiary/aromatic N) is 5. The summed E-state index contributed by atoms with van der Waals surface area (Å²) in [5, 5.41) is 55.3. The van der Waals surface area contributed by atoms with Gasteiger partial charge >= 0.3 is 12.0 Å². The van der Waals surface area contributed by atoms with E-state index in [4.69, 9.17) is 10.8 Å². The van der Waals surface area contributed by atoms with E-state index in [1.54, 1.807) is 43.4 Å². The van der Waals surface area contributed by atoms with Gasteiger partial charge in [-0.15, -0.1) is 0 Å². The minimum absolute atomic E-state index is 0.0179. The Bertz CT molecular complexity index is 2410. The fourth-order valence-electron chi connectivity index (χ4n) is 8.11. The number of hydrogen-bond donors (Lipinski definition) is 10. The number of hydrogen-bond acceptors (Lipinski definition) is 17. The second kappa shape index (κ2) is 31.1. The molecule has 1 saturated carbocycles. The molecule has 1 aliphatic carbocycles. The zero-order valence-electron chi connectivity index (χ0n) is 43.1. The van der Waals surface area contributed by atoms with Crippen molar-refractivity contribution in [3.8, 4) is 0 Å². The summed E-state index contributed by atoms with van der Waals surface area (Å²) in [6.45, 7) is 3.97. The SMILES string of the molecule is CC(C)C.CNC(=O)C1CCC(CNC(=O)N/N=C/[C@H](CC(=O)[O-])NC(=O)CN2C(=O)[C@@H](N)CN(C(=O)CO)c3ccccc32)CC1.CN[C@H]1CN(C(=O)CO)c2ccccc2N(CC(=O)N[C@H](C=O)CC(=O)O)C1=O. The average Bonchev–Trinajstić information content (AvgIpc) is 3.57. The van der Waals surface area contributed by atoms with Crippen LogP contribution in [0.25, 0.3) is 0 Å². The van der Waals surface area contributed by atoms with Crippen LogP contribution in [0.5, 0.6) is 0 Å². The monoisotopic (exact) mass is 1070 g/mol. The second-order valence-corrected chi connectivity index (χ2v) is 18.4. The van der Waals surface area contributed by atoms with Gasteiger partial charge in [-0.3, -0.25) is 48.2 Å². The first kappa shape index (κ1) is 62.4. The van der Waals surface area contributed by atoms with E-state index >= 15 is 0 Å². The third kappa shape index (κ3) is 19.1. The van der Waals surface area contributed by atoms with Crippen molar-refractivity contribution in [2.75, 3.05) is 79.6 Å². The first-order chi connectivity index (χ1) is 36.1. The van der Waals surface area contributed by atoms with Crippen molar-refractivity contribution in [1.82, 2.24) is 32.0 Å². The predicted molar refractivity (Wildman–Crippen MR) is 274 cm³/mol. The number of carbonyl (C=O) groups excluding carboxylic acids is 10. The van der Waals surface area contributed by atoms with Gasteiger partial charge in [0.15, 0.2) is 0 Å². The number of urea groups is 1. The van der Waals surface area contributed by atoms with Crippen molar-refractivity contribution in [2.24, 2.45) is 28.6 Å². The van der Waals surface area contributed by atoms with Gasteiger partial charge in [0, 0.05) is 38.1 Å². The summed E-state index contributed by atoms with van der Waals surface area (Å²) in [7, 11) is 3.13. The Morgan fingerprint density at radius 2 is 1.24 bits per heavy atom. The van der Waals surface area contributed by atoms with Crippen LogP contribution in [0.2, 0.25) is 0 Å². The normalized spacial score (nSPS) is 18.9. The molecule has 11 N–H and O–H groups in total. The molecule has 76 heavy (non-hydrogen) atoms. The Morgan fingerprint density at radius 3 is 1.70 bits per heavy atom. The largest absolute Gasteiger partial charge is 0.550 e. The van der Waals surface area contributed by atoms with E-state index in [9.17, 15) is 68.1 Å². The van der Waals surface area contributed by atoms with Gasteiger partial charge in [0.2, 0.25) is 29.5 Å². The summed E-state index contributed by atoms with van der Waals surface area (Å²) in [6, 6.07) is 7.53. The molecule has 2 aromatic rings. The number of likely N-dealkylation sites (N-methyl/N-ethyl adjacent to an activating group) is 1. The highest BCUT2D eigenvalue weighted by Crippen LogP contribution is 2.34. The van der Waals surface area contributed by atoms with E-state index in [2.05, 4.69) is 57.9 Å². The van der Waals surface area contributed by atoms with Crippen LogP contribution in [0.1, 0.15) is 59.3 Å².